The monoisotopic (exact) mass is 249 g/mol. The van der Waals surface area contributed by atoms with Gasteiger partial charge in [0.25, 0.3) is 0 Å². The van der Waals surface area contributed by atoms with Crippen molar-refractivity contribution in [1.82, 2.24) is 5.32 Å². The molecule has 3 nitrogen and oxygen atoms in total. The molecule has 0 saturated carbocycles. The first-order valence-corrected chi connectivity index (χ1v) is 5.35. The van der Waals surface area contributed by atoms with E-state index in [1.54, 1.807) is 18.2 Å². The van der Waals surface area contributed by atoms with E-state index in [1.807, 2.05) is 0 Å². The molecule has 0 spiro atoms. The lowest BCUT2D eigenvalue weighted by molar-refractivity contribution is 0.171. The van der Waals surface area contributed by atoms with E-state index in [4.69, 9.17) is 28.3 Å². The van der Waals surface area contributed by atoms with Gasteiger partial charge in [0, 0.05) is 28.7 Å². The highest BCUT2D eigenvalue weighted by Gasteiger charge is 2.10. The van der Waals surface area contributed by atoms with Gasteiger partial charge in [-0.2, -0.15) is 0 Å². The van der Waals surface area contributed by atoms with Crippen LogP contribution < -0.4 is 5.32 Å². The van der Waals surface area contributed by atoms with Crippen LogP contribution in [0.25, 0.3) is 0 Å². The van der Waals surface area contributed by atoms with Gasteiger partial charge >= 0.3 is 0 Å². The average molecular weight is 250 g/mol. The van der Waals surface area contributed by atoms with Crippen molar-refractivity contribution in [1.29, 1.82) is 0 Å². The Morgan fingerprint density at radius 2 is 2.07 bits per heavy atom. The van der Waals surface area contributed by atoms with Crippen molar-refractivity contribution in [2.75, 3.05) is 19.7 Å². The Bertz CT molecular complexity index is 320. The van der Waals surface area contributed by atoms with Crippen molar-refractivity contribution in [3.8, 4) is 0 Å². The number of benzene rings is 1. The third-order valence-electron chi connectivity index (χ3n) is 1.95. The SMILES string of the molecule is OCCNCC(O)c1ccc(Cl)cc1Cl. The molecule has 1 atom stereocenters. The molecule has 0 aromatic heterocycles. The molecule has 1 aromatic rings. The van der Waals surface area contributed by atoms with Crippen LogP contribution in [0.2, 0.25) is 10.0 Å². The lowest BCUT2D eigenvalue weighted by Gasteiger charge is -2.13. The van der Waals surface area contributed by atoms with E-state index >= 15 is 0 Å². The normalized spacial score (nSPS) is 12.8. The smallest absolute Gasteiger partial charge is 0.0928 e. The number of aliphatic hydroxyl groups is 2. The number of aliphatic hydroxyl groups excluding tert-OH is 2. The standard InChI is InChI=1S/C10H13Cl2NO2/c11-7-1-2-8(9(12)5-7)10(15)6-13-3-4-14/h1-2,5,10,13-15H,3-4,6H2. The highest BCUT2D eigenvalue weighted by molar-refractivity contribution is 6.35. The summed E-state index contributed by atoms with van der Waals surface area (Å²) in [5.74, 6) is 0. The summed E-state index contributed by atoms with van der Waals surface area (Å²) < 4.78 is 0. The van der Waals surface area contributed by atoms with Crippen LogP contribution in [0.1, 0.15) is 11.7 Å². The molecular formula is C10H13Cl2NO2. The summed E-state index contributed by atoms with van der Waals surface area (Å²) in [6, 6.07) is 4.96. The quantitative estimate of drug-likeness (QED) is 0.696. The molecule has 84 valence electrons. The Kier molecular flexibility index (Phi) is 5.36. The summed E-state index contributed by atoms with van der Waals surface area (Å²) in [4.78, 5) is 0. The molecule has 0 heterocycles. The summed E-state index contributed by atoms with van der Waals surface area (Å²) in [5.41, 5.74) is 0.631. The fraction of sp³-hybridized carbons (Fsp3) is 0.400. The van der Waals surface area contributed by atoms with Crippen molar-refractivity contribution in [3.63, 3.8) is 0 Å². The molecule has 0 bridgehead atoms. The molecule has 1 rings (SSSR count). The van der Waals surface area contributed by atoms with Gasteiger partial charge in [0.15, 0.2) is 0 Å². The van der Waals surface area contributed by atoms with Crippen molar-refractivity contribution < 1.29 is 10.2 Å². The number of nitrogens with one attached hydrogen (secondary N) is 1. The zero-order valence-electron chi connectivity index (χ0n) is 8.08. The van der Waals surface area contributed by atoms with Crippen LogP contribution in [0, 0.1) is 0 Å². The largest absolute Gasteiger partial charge is 0.395 e. The minimum Gasteiger partial charge on any atom is -0.395 e. The predicted octanol–water partition coefficient (Wildman–Crippen LogP) is 1.61. The summed E-state index contributed by atoms with van der Waals surface area (Å²) >= 11 is 11.6. The zero-order valence-corrected chi connectivity index (χ0v) is 9.59. The van der Waals surface area contributed by atoms with Gasteiger partial charge in [0.2, 0.25) is 0 Å². The van der Waals surface area contributed by atoms with Crippen LogP contribution in [0.5, 0.6) is 0 Å². The van der Waals surface area contributed by atoms with Crippen LogP contribution in [0.4, 0.5) is 0 Å². The second-order valence-electron chi connectivity index (χ2n) is 3.11. The highest BCUT2D eigenvalue weighted by Crippen LogP contribution is 2.25. The highest BCUT2D eigenvalue weighted by atomic mass is 35.5. The minimum atomic E-state index is -0.693. The first kappa shape index (κ1) is 12.7. The lowest BCUT2D eigenvalue weighted by Crippen LogP contribution is -2.24. The molecule has 0 saturated heterocycles. The van der Waals surface area contributed by atoms with Crippen LogP contribution in [-0.4, -0.2) is 29.9 Å². The average Bonchev–Trinajstić information content (AvgIpc) is 2.17. The Labute approximate surface area is 98.6 Å². The van der Waals surface area contributed by atoms with E-state index in [2.05, 4.69) is 5.32 Å². The molecule has 5 heteroatoms. The fourth-order valence-electron chi connectivity index (χ4n) is 1.20. The maximum atomic E-state index is 9.75. The van der Waals surface area contributed by atoms with Gasteiger partial charge in [0.1, 0.15) is 0 Å². The zero-order chi connectivity index (χ0) is 11.3. The van der Waals surface area contributed by atoms with Gasteiger partial charge in [-0.15, -0.1) is 0 Å². The predicted molar refractivity (Wildman–Crippen MR) is 61.4 cm³/mol. The summed E-state index contributed by atoms with van der Waals surface area (Å²) in [6.07, 6.45) is -0.693. The summed E-state index contributed by atoms with van der Waals surface area (Å²) in [6.45, 7) is 0.839. The Morgan fingerprint density at radius 1 is 1.33 bits per heavy atom. The molecule has 1 unspecified atom stereocenters. The molecule has 0 aliphatic carbocycles. The van der Waals surface area contributed by atoms with E-state index in [-0.39, 0.29) is 6.61 Å². The third kappa shape index (κ3) is 3.97. The molecule has 0 aliphatic heterocycles. The second-order valence-corrected chi connectivity index (χ2v) is 3.95. The number of halogens is 2. The summed E-state index contributed by atoms with van der Waals surface area (Å²) in [5, 5.41) is 22.2. The number of rotatable bonds is 5. The molecule has 0 fully saturated rings. The first-order chi connectivity index (χ1) is 7.15. The van der Waals surface area contributed by atoms with Crippen LogP contribution in [0.3, 0.4) is 0 Å². The fourth-order valence-corrected chi connectivity index (χ4v) is 1.73. The Balaban J connectivity index is 2.61. The van der Waals surface area contributed by atoms with Crippen molar-refractivity contribution in [2.24, 2.45) is 0 Å². The summed E-state index contributed by atoms with van der Waals surface area (Å²) in [7, 11) is 0. The molecule has 15 heavy (non-hydrogen) atoms. The van der Waals surface area contributed by atoms with E-state index in [0.29, 0.717) is 28.7 Å². The van der Waals surface area contributed by atoms with Gasteiger partial charge in [0.05, 0.1) is 12.7 Å². The number of hydrogen-bond donors (Lipinski definition) is 3. The van der Waals surface area contributed by atoms with Crippen LogP contribution in [-0.2, 0) is 0 Å². The molecule has 0 aliphatic rings. The molecule has 3 N–H and O–H groups in total. The second kappa shape index (κ2) is 6.30. The van der Waals surface area contributed by atoms with E-state index < -0.39 is 6.10 Å². The van der Waals surface area contributed by atoms with Gasteiger partial charge < -0.3 is 15.5 Å². The van der Waals surface area contributed by atoms with Crippen LogP contribution in [0.15, 0.2) is 18.2 Å². The minimum absolute atomic E-state index is 0.0427. The van der Waals surface area contributed by atoms with Gasteiger partial charge in [-0.25, -0.2) is 0 Å². The van der Waals surface area contributed by atoms with Crippen molar-refractivity contribution >= 4 is 23.2 Å². The van der Waals surface area contributed by atoms with E-state index in [1.165, 1.54) is 0 Å². The van der Waals surface area contributed by atoms with Crippen molar-refractivity contribution in [3.05, 3.63) is 33.8 Å². The molecule has 1 aromatic carbocycles. The van der Waals surface area contributed by atoms with Crippen molar-refractivity contribution in [2.45, 2.75) is 6.10 Å². The Morgan fingerprint density at radius 3 is 2.67 bits per heavy atom. The third-order valence-corrected chi connectivity index (χ3v) is 2.51. The van der Waals surface area contributed by atoms with E-state index in [9.17, 15) is 5.11 Å². The molecular weight excluding hydrogens is 237 g/mol. The van der Waals surface area contributed by atoms with Gasteiger partial charge in [-0.05, 0) is 12.1 Å². The maximum absolute atomic E-state index is 9.75. The topological polar surface area (TPSA) is 52.5 Å². The lowest BCUT2D eigenvalue weighted by atomic mass is 10.1. The molecule has 0 radical (unpaired) electrons. The van der Waals surface area contributed by atoms with Gasteiger partial charge in [-0.1, -0.05) is 29.3 Å². The Hall–Kier alpha value is -0.320. The molecule has 0 amide bonds. The number of hydrogen-bond acceptors (Lipinski definition) is 3. The van der Waals surface area contributed by atoms with Crippen LogP contribution >= 0.6 is 23.2 Å². The first-order valence-electron chi connectivity index (χ1n) is 4.59. The van der Waals surface area contributed by atoms with Gasteiger partial charge in [-0.3, -0.25) is 0 Å². The maximum Gasteiger partial charge on any atom is 0.0928 e. The van der Waals surface area contributed by atoms with E-state index in [0.717, 1.165) is 0 Å².